The first-order valence-corrected chi connectivity index (χ1v) is 12.1. The number of hydrogen-bond acceptors (Lipinski definition) is 6. The van der Waals surface area contributed by atoms with Gasteiger partial charge in [0.1, 0.15) is 29.5 Å². The van der Waals surface area contributed by atoms with Crippen molar-refractivity contribution in [3.8, 4) is 17.2 Å². The van der Waals surface area contributed by atoms with Gasteiger partial charge in [-0.1, -0.05) is 6.07 Å². The fourth-order valence-corrected chi connectivity index (χ4v) is 4.97. The first kappa shape index (κ1) is 23.4. The van der Waals surface area contributed by atoms with Crippen molar-refractivity contribution >= 4 is 5.69 Å². The summed E-state index contributed by atoms with van der Waals surface area (Å²) in [6, 6.07) is 12.4. The van der Waals surface area contributed by atoms with Crippen LogP contribution in [-0.2, 0) is 11.3 Å². The minimum atomic E-state index is -0.711. The average Bonchev–Trinajstić information content (AvgIpc) is 3.26. The molecule has 2 fully saturated rings. The smallest absolute Gasteiger partial charge is 0.350 e. The van der Waals surface area contributed by atoms with Gasteiger partial charge in [-0.15, -0.1) is 0 Å². The molecule has 2 aromatic heterocycles. The van der Waals surface area contributed by atoms with Crippen LogP contribution in [0.1, 0.15) is 18.4 Å². The molecule has 0 aliphatic carbocycles. The van der Waals surface area contributed by atoms with Gasteiger partial charge in [0.25, 0.3) is 0 Å². The van der Waals surface area contributed by atoms with E-state index in [-0.39, 0.29) is 12.1 Å². The molecule has 0 unspecified atom stereocenters. The number of rotatable bonds is 6. The van der Waals surface area contributed by atoms with Crippen molar-refractivity contribution in [2.45, 2.75) is 19.4 Å². The average molecular weight is 506 g/mol. The third kappa shape index (κ3) is 4.60. The van der Waals surface area contributed by atoms with Gasteiger partial charge in [0.15, 0.2) is 0 Å². The lowest BCUT2D eigenvalue weighted by atomic mass is 9.73. The number of nitrogens with zero attached hydrogens (tertiary/aromatic N) is 5. The minimum absolute atomic E-state index is 0.190. The minimum Gasteiger partial charge on any atom is -0.456 e. The molecule has 2 aromatic carbocycles. The lowest BCUT2D eigenvalue weighted by Crippen LogP contribution is -2.58. The Bertz CT molecular complexity index is 1450. The molecule has 1 spiro atoms. The standard InChI is InChI=1S/C27H25F2N5O3/c28-24-2-1-3-25(29)23(24)15-32-18-31-34(26(32)35)19-4-6-21(7-5-19)37-22-12-20(13-30-14-22)33-16-27(17-33)8-10-36-11-9-27/h1-7,12-14,18H,8-11,15-17H2. The summed E-state index contributed by atoms with van der Waals surface area (Å²) in [6.07, 6.45) is 6.96. The van der Waals surface area contributed by atoms with Gasteiger partial charge in [-0.05, 0) is 49.2 Å². The molecule has 2 aliphatic rings. The maximum absolute atomic E-state index is 14.0. The molecule has 0 atom stereocenters. The Morgan fingerprint density at radius 1 is 0.946 bits per heavy atom. The SMILES string of the molecule is O=c1n(Cc2c(F)cccc2F)cnn1-c1ccc(Oc2cncc(N3CC4(CCOCC4)C3)c2)cc1. The van der Waals surface area contributed by atoms with E-state index >= 15 is 0 Å². The van der Waals surface area contributed by atoms with Gasteiger partial charge in [-0.25, -0.2) is 13.6 Å². The summed E-state index contributed by atoms with van der Waals surface area (Å²) in [6.45, 7) is 3.42. The van der Waals surface area contributed by atoms with Crippen molar-refractivity contribution < 1.29 is 18.3 Å². The molecule has 0 N–H and O–H groups in total. The van der Waals surface area contributed by atoms with Gasteiger partial charge in [0, 0.05) is 43.3 Å². The van der Waals surface area contributed by atoms with E-state index in [4.69, 9.17) is 9.47 Å². The van der Waals surface area contributed by atoms with E-state index in [0.29, 0.717) is 22.6 Å². The second-order valence-corrected chi connectivity index (χ2v) is 9.60. The normalized spacial score (nSPS) is 16.5. The van der Waals surface area contributed by atoms with Gasteiger partial charge in [-0.2, -0.15) is 9.78 Å². The maximum atomic E-state index is 14.0. The van der Waals surface area contributed by atoms with E-state index in [1.165, 1.54) is 17.1 Å². The Balaban J connectivity index is 1.13. The van der Waals surface area contributed by atoms with Crippen LogP contribution in [0, 0.1) is 17.0 Å². The van der Waals surface area contributed by atoms with E-state index in [2.05, 4.69) is 15.0 Å². The van der Waals surface area contributed by atoms with E-state index in [1.54, 1.807) is 30.5 Å². The lowest BCUT2D eigenvalue weighted by Gasteiger charge is -2.53. The Kier molecular flexibility index (Phi) is 5.96. The zero-order valence-electron chi connectivity index (χ0n) is 20.0. The molecule has 0 radical (unpaired) electrons. The van der Waals surface area contributed by atoms with Crippen molar-refractivity contribution in [1.29, 1.82) is 0 Å². The highest BCUT2D eigenvalue weighted by Gasteiger charge is 2.44. The lowest BCUT2D eigenvalue weighted by molar-refractivity contribution is -0.000221. The summed E-state index contributed by atoms with van der Waals surface area (Å²) in [4.78, 5) is 19.4. The number of anilines is 1. The van der Waals surface area contributed by atoms with Crippen molar-refractivity contribution in [3.63, 3.8) is 0 Å². The Labute approximate surface area is 211 Å². The van der Waals surface area contributed by atoms with Gasteiger partial charge in [0.2, 0.25) is 0 Å². The van der Waals surface area contributed by atoms with E-state index in [9.17, 15) is 13.6 Å². The third-order valence-electron chi connectivity index (χ3n) is 7.11. The van der Waals surface area contributed by atoms with E-state index in [1.807, 2.05) is 12.3 Å². The summed E-state index contributed by atoms with van der Waals surface area (Å²) >= 11 is 0. The molecular formula is C27H25F2N5O3. The molecule has 0 amide bonds. The summed E-state index contributed by atoms with van der Waals surface area (Å²) in [5.74, 6) is -0.228. The van der Waals surface area contributed by atoms with Crippen LogP contribution < -0.4 is 15.3 Å². The van der Waals surface area contributed by atoms with Gasteiger partial charge in [0.05, 0.1) is 30.3 Å². The fourth-order valence-electron chi connectivity index (χ4n) is 4.97. The molecule has 0 bridgehead atoms. The van der Waals surface area contributed by atoms with Crippen molar-refractivity contribution in [2.75, 3.05) is 31.2 Å². The van der Waals surface area contributed by atoms with Crippen LogP contribution in [0.2, 0.25) is 0 Å². The zero-order valence-corrected chi connectivity index (χ0v) is 20.0. The van der Waals surface area contributed by atoms with Crippen LogP contribution in [-0.4, -0.2) is 45.6 Å². The molecule has 0 saturated carbocycles. The predicted octanol–water partition coefficient (Wildman–Crippen LogP) is 4.16. The zero-order chi connectivity index (χ0) is 25.4. The Morgan fingerprint density at radius 3 is 2.41 bits per heavy atom. The largest absolute Gasteiger partial charge is 0.456 e. The Hall–Kier alpha value is -4.05. The highest BCUT2D eigenvalue weighted by Crippen LogP contribution is 2.42. The summed E-state index contributed by atoms with van der Waals surface area (Å²) < 4.78 is 41.8. The highest BCUT2D eigenvalue weighted by atomic mass is 19.1. The quantitative estimate of drug-likeness (QED) is 0.392. The van der Waals surface area contributed by atoms with Crippen LogP contribution in [0.3, 0.4) is 0 Å². The first-order chi connectivity index (χ1) is 18.0. The number of halogens is 2. The van der Waals surface area contributed by atoms with Gasteiger partial charge in [-0.3, -0.25) is 9.55 Å². The van der Waals surface area contributed by atoms with Crippen molar-refractivity contribution in [3.05, 3.63) is 94.9 Å². The van der Waals surface area contributed by atoms with E-state index in [0.717, 1.165) is 61.5 Å². The highest BCUT2D eigenvalue weighted by molar-refractivity contribution is 5.52. The molecule has 37 heavy (non-hydrogen) atoms. The topological polar surface area (TPSA) is 74.4 Å². The summed E-state index contributed by atoms with van der Waals surface area (Å²) in [7, 11) is 0. The fraction of sp³-hybridized carbons (Fsp3) is 0.296. The molecular weight excluding hydrogens is 480 g/mol. The van der Waals surface area contributed by atoms with E-state index < -0.39 is 17.3 Å². The van der Waals surface area contributed by atoms with Gasteiger partial charge < -0.3 is 14.4 Å². The summed E-state index contributed by atoms with van der Waals surface area (Å²) in [5, 5.41) is 4.10. The monoisotopic (exact) mass is 505 g/mol. The molecule has 6 rings (SSSR count). The number of ether oxygens (including phenoxy) is 2. The van der Waals surface area contributed by atoms with Crippen molar-refractivity contribution in [1.82, 2.24) is 19.3 Å². The molecule has 10 heteroatoms. The first-order valence-electron chi connectivity index (χ1n) is 12.1. The molecule has 2 saturated heterocycles. The third-order valence-corrected chi connectivity index (χ3v) is 7.11. The van der Waals surface area contributed by atoms with Crippen molar-refractivity contribution in [2.24, 2.45) is 5.41 Å². The van der Waals surface area contributed by atoms with Crippen LogP contribution in [0.25, 0.3) is 5.69 Å². The molecule has 4 aromatic rings. The molecule has 8 nitrogen and oxygen atoms in total. The number of pyridine rings is 1. The molecule has 190 valence electrons. The second-order valence-electron chi connectivity index (χ2n) is 9.60. The predicted molar refractivity (Wildman–Crippen MR) is 132 cm³/mol. The van der Waals surface area contributed by atoms with Crippen LogP contribution >= 0.6 is 0 Å². The second kappa shape index (κ2) is 9.44. The number of aromatic nitrogens is 4. The number of benzene rings is 2. The van der Waals surface area contributed by atoms with Crippen LogP contribution in [0.4, 0.5) is 14.5 Å². The Morgan fingerprint density at radius 2 is 1.68 bits per heavy atom. The van der Waals surface area contributed by atoms with Crippen LogP contribution in [0.15, 0.2) is 72.0 Å². The molecule has 2 aliphatic heterocycles. The molecule has 4 heterocycles. The van der Waals surface area contributed by atoms with Gasteiger partial charge >= 0.3 is 5.69 Å². The number of hydrogen-bond donors (Lipinski definition) is 0. The van der Waals surface area contributed by atoms with Crippen LogP contribution in [0.5, 0.6) is 11.5 Å². The maximum Gasteiger partial charge on any atom is 0.350 e. The summed E-state index contributed by atoms with van der Waals surface area (Å²) in [5.41, 5.74) is 1.18.